The number of aryl methyl sites for hydroxylation is 1. The number of nitrogens with zero attached hydrogens (tertiary/aromatic N) is 4. The summed E-state index contributed by atoms with van der Waals surface area (Å²) in [6, 6.07) is 2.00. The maximum atomic E-state index is 13.1. The molecule has 0 N–H and O–H groups in total. The van der Waals surface area contributed by atoms with Crippen LogP contribution in [0.5, 0.6) is 0 Å². The van der Waals surface area contributed by atoms with Crippen LogP contribution in [0.1, 0.15) is 30.9 Å². The second-order valence-electron chi connectivity index (χ2n) is 8.24. The topological polar surface area (TPSA) is 63.7 Å². The van der Waals surface area contributed by atoms with Gasteiger partial charge >= 0.3 is 5.97 Å². The Morgan fingerprint density at radius 3 is 2.86 bits per heavy atom. The lowest BCUT2D eigenvalue weighted by atomic mass is 9.75. The van der Waals surface area contributed by atoms with Crippen molar-refractivity contribution < 1.29 is 13.9 Å². The number of aromatic nitrogens is 2. The van der Waals surface area contributed by atoms with Crippen molar-refractivity contribution in [2.24, 2.45) is 18.4 Å². The minimum Gasteiger partial charge on any atom is -0.472 e. The number of likely N-dealkylation sites (tertiary alicyclic amines) is 2. The zero-order chi connectivity index (χ0) is 19.6. The summed E-state index contributed by atoms with van der Waals surface area (Å²) in [5.41, 5.74) is 1.98. The molecule has 0 saturated carbocycles. The number of carbonyl (C=O) groups is 1. The van der Waals surface area contributed by atoms with Gasteiger partial charge in [-0.1, -0.05) is 0 Å². The van der Waals surface area contributed by atoms with Crippen molar-refractivity contribution in [2.45, 2.75) is 32.9 Å². The molecule has 0 spiro atoms. The first-order chi connectivity index (χ1) is 13.6. The van der Waals surface area contributed by atoms with Gasteiger partial charge in [0.1, 0.15) is 0 Å². The zero-order valence-electron chi connectivity index (χ0n) is 16.8. The third-order valence-electron chi connectivity index (χ3n) is 6.17. The van der Waals surface area contributed by atoms with E-state index in [0.717, 1.165) is 57.7 Å². The lowest BCUT2D eigenvalue weighted by Crippen LogP contribution is -2.42. The minimum atomic E-state index is -0.399. The van der Waals surface area contributed by atoms with Crippen LogP contribution < -0.4 is 0 Å². The van der Waals surface area contributed by atoms with Gasteiger partial charge in [0.05, 0.1) is 30.7 Å². The van der Waals surface area contributed by atoms with E-state index in [1.165, 1.54) is 5.56 Å². The van der Waals surface area contributed by atoms with Gasteiger partial charge in [-0.25, -0.2) is 0 Å². The van der Waals surface area contributed by atoms with Gasteiger partial charge in [-0.05, 0) is 32.4 Å². The van der Waals surface area contributed by atoms with E-state index in [0.29, 0.717) is 6.61 Å². The summed E-state index contributed by atoms with van der Waals surface area (Å²) in [7, 11) is 1.95. The molecule has 2 saturated heterocycles. The summed E-state index contributed by atoms with van der Waals surface area (Å²) in [6.07, 6.45) is 9.41. The highest BCUT2D eigenvalue weighted by molar-refractivity contribution is 5.78. The van der Waals surface area contributed by atoms with Gasteiger partial charge in [0.25, 0.3) is 0 Å². The fourth-order valence-electron chi connectivity index (χ4n) is 4.94. The first kappa shape index (κ1) is 19.2. The van der Waals surface area contributed by atoms with Crippen LogP contribution in [-0.4, -0.2) is 58.3 Å². The Bertz CT molecular complexity index is 787. The Morgan fingerprint density at radius 1 is 1.32 bits per heavy atom. The molecule has 0 radical (unpaired) electrons. The van der Waals surface area contributed by atoms with Crippen molar-refractivity contribution in [3.63, 3.8) is 0 Å². The van der Waals surface area contributed by atoms with Crippen LogP contribution in [0.25, 0.3) is 0 Å². The molecule has 2 aromatic rings. The molecule has 2 aliphatic rings. The number of hydrogen-bond donors (Lipinski definition) is 0. The van der Waals surface area contributed by atoms with Crippen molar-refractivity contribution >= 4 is 5.97 Å². The molecule has 28 heavy (non-hydrogen) atoms. The van der Waals surface area contributed by atoms with Crippen LogP contribution in [0.3, 0.4) is 0 Å². The first-order valence-electron chi connectivity index (χ1n) is 10.2. The quantitative estimate of drug-likeness (QED) is 0.710. The highest BCUT2D eigenvalue weighted by Crippen LogP contribution is 2.44. The maximum Gasteiger partial charge on any atom is 0.313 e. The van der Waals surface area contributed by atoms with Gasteiger partial charge in [0.2, 0.25) is 0 Å². The Hall–Kier alpha value is -2.12. The van der Waals surface area contributed by atoms with Crippen LogP contribution in [-0.2, 0) is 29.7 Å². The van der Waals surface area contributed by atoms with Crippen LogP contribution in [0.4, 0.5) is 0 Å². The number of fused-ring (bicyclic) bond motifs is 1. The predicted octanol–water partition coefficient (Wildman–Crippen LogP) is 2.29. The molecule has 0 amide bonds. The summed E-state index contributed by atoms with van der Waals surface area (Å²) in [4.78, 5) is 17.9. The number of esters is 1. The molecule has 0 aliphatic carbocycles. The van der Waals surface area contributed by atoms with Crippen molar-refractivity contribution in [1.29, 1.82) is 0 Å². The van der Waals surface area contributed by atoms with E-state index in [2.05, 4.69) is 21.1 Å². The van der Waals surface area contributed by atoms with Crippen molar-refractivity contribution in [3.8, 4) is 0 Å². The number of rotatable bonds is 6. The molecule has 2 fully saturated rings. The lowest BCUT2D eigenvalue weighted by Gasteiger charge is -2.31. The lowest BCUT2D eigenvalue weighted by molar-refractivity contribution is -0.157. The fourth-order valence-corrected chi connectivity index (χ4v) is 4.94. The molecule has 0 unspecified atom stereocenters. The third-order valence-corrected chi connectivity index (χ3v) is 6.17. The van der Waals surface area contributed by atoms with Crippen LogP contribution >= 0.6 is 0 Å². The van der Waals surface area contributed by atoms with Crippen molar-refractivity contribution in [1.82, 2.24) is 19.6 Å². The molecular weight excluding hydrogens is 356 g/mol. The highest BCUT2D eigenvalue weighted by Gasteiger charge is 2.53. The van der Waals surface area contributed by atoms with Crippen LogP contribution in [0.2, 0.25) is 0 Å². The molecule has 4 rings (SSSR count). The molecule has 2 aromatic heterocycles. The van der Waals surface area contributed by atoms with Crippen LogP contribution in [0.15, 0.2) is 35.4 Å². The van der Waals surface area contributed by atoms with Crippen LogP contribution in [0, 0.1) is 11.3 Å². The van der Waals surface area contributed by atoms with E-state index in [1.807, 2.05) is 30.9 Å². The van der Waals surface area contributed by atoms with E-state index in [9.17, 15) is 4.79 Å². The average molecular weight is 386 g/mol. The van der Waals surface area contributed by atoms with Gasteiger partial charge in [0, 0.05) is 63.0 Å². The second-order valence-corrected chi connectivity index (χ2v) is 8.24. The Morgan fingerprint density at radius 2 is 2.14 bits per heavy atom. The number of carbonyl (C=O) groups excluding carboxylic acids is 1. The van der Waals surface area contributed by atoms with Crippen molar-refractivity contribution in [2.75, 3.05) is 32.8 Å². The molecule has 152 valence electrons. The molecule has 7 heteroatoms. The number of ether oxygens (including phenoxy) is 1. The molecular formula is C21H30N4O3. The van der Waals surface area contributed by atoms with Gasteiger partial charge in [-0.3, -0.25) is 19.3 Å². The summed E-state index contributed by atoms with van der Waals surface area (Å²) in [6.45, 7) is 7.63. The number of hydrogen-bond acceptors (Lipinski definition) is 6. The van der Waals surface area contributed by atoms with Gasteiger partial charge in [0.15, 0.2) is 0 Å². The summed E-state index contributed by atoms with van der Waals surface area (Å²) in [5, 5.41) is 4.29. The molecule has 2 aliphatic heterocycles. The predicted molar refractivity (Wildman–Crippen MR) is 104 cm³/mol. The largest absolute Gasteiger partial charge is 0.472 e. The van der Waals surface area contributed by atoms with Gasteiger partial charge in [-0.15, -0.1) is 0 Å². The molecule has 2 atom stereocenters. The fraction of sp³-hybridized carbons (Fsp3) is 0.619. The summed E-state index contributed by atoms with van der Waals surface area (Å²) in [5.74, 6) is 0.260. The standard InChI is InChI=1S/C21H30N4O3/c1-3-28-20(26)21-6-4-7-24(12-18-9-22-23(2)10-18)13-19(21)14-25(16-21)11-17-5-8-27-15-17/h5,8-10,15,19H,3-4,6-7,11-14,16H2,1-2H3/t19-,21-/m0/s1. The molecule has 4 heterocycles. The Labute approximate surface area is 166 Å². The van der Waals surface area contributed by atoms with Gasteiger partial charge in [-0.2, -0.15) is 5.10 Å². The normalized spacial score (nSPS) is 26.1. The van der Waals surface area contributed by atoms with Gasteiger partial charge < -0.3 is 9.15 Å². The second kappa shape index (κ2) is 8.09. The van der Waals surface area contributed by atoms with E-state index in [1.54, 1.807) is 12.5 Å². The Kier molecular flexibility index (Phi) is 5.55. The van der Waals surface area contributed by atoms with E-state index in [4.69, 9.17) is 9.15 Å². The summed E-state index contributed by atoms with van der Waals surface area (Å²) < 4.78 is 12.6. The van der Waals surface area contributed by atoms with Crippen molar-refractivity contribution in [3.05, 3.63) is 42.1 Å². The third kappa shape index (κ3) is 3.86. The smallest absolute Gasteiger partial charge is 0.313 e. The number of furan rings is 1. The highest BCUT2D eigenvalue weighted by atomic mass is 16.5. The molecule has 0 bridgehead atoms. The van der Waals surface area contributed by atoms with E-state index in [-0.39, 0.29) is 11.9 Å². The summed E-state index contributed by atoms with van der Waals surface area (Å²) >= 11 is 0. The maximum absolute atomic E-state index is 13.1. The van der Waals surface area contributed by atoms with E-state index < -0.39 is 5.41 Å². The first-order valence-corrected chi connectivity index (χ1v) is 10.2. The SMILES string of the molecule is CCOC(=O)[C@]12CCCN(Cc3cnn(C)c3)C[C@H]1CN(Cc1ccoc1)C2. The monoisotopic (exact) mass is 386 g/mol. The molecule has 0 aromatic carbocycles. The molecule has 7 nitrogen and oxygen atoms in total. The average Bonchev–Trinajstić information content (AvgIpc) is 3.36. The minimum absolute atomic E-state index is 0.0158. The Balaban J connectivity index is 1.52. The van der Waals surface area contributed by atoms with E-state index >= 15 is 0 Å². The zero-order valence-corrected chi connectivity index (χ0v) is 16.8.